The van der Waals surface area contributed by atoms with Crippen LogP contribution in [0.25, 0.3) is 0 Å². The van der Waals surface area contributed by atoms with E-state index in [-0.39, 0.29) is 17.8 Å². The Bertz CT molecular complexity index is 404. The van der Waals surface area contributed by atoms with Crippen molar-refractivity contribution in [1.82, 2.24) is 5.32 Å². The lowest BCUT2D eigenvalue weighted by molar-refractivity contribution is -0.131. The van der Waals surface area contributed by atoms with E-state index in [4.69, 9.17) is 5.73 Å². The van der Waals surface area contributed by atoms with Crippen molar-refractivity contribution < 1.29 is 9.18 Å². The van der Waals surface area contributed by atoms with Crippen molar-refractivity contribution in [3.05, 3.63) is 35.6 Å². The molecule has 1 aromatic rings. The van der Waals surface area contributed by atoms with E-state index in [1.807, 2.05) is 20.8 Å². The molecule has 0 saturated heterocycles. The lowest BCUT2D eigenvalue weighted by Crippen LogP contribution is -2.46. The van der Waals surface area contributed by atoms with Crippen LogP contribution in [0.4, 0.5) is 4.39 Å². The van der Waals surface area contributed by atoms with Gasteiger partial charge in [-0.25, -0.2) is 4.39 Å². The van der Waals surface area contributed by atoms with Gasteiger partial charge in [-0.05, 0) is 37.5 Å². The van der Waals surface area contributed by atoms with Crippen LogP contribution in [0.2, 0.25) is 0 Å². The van der Waals surface area contributed by atoms with E-state index in [0.29, 0.717) is 19.4 Å². The molecule has 1 rings (SSSR count). The van der Waals surface area contributed by atoms with Gasteiger partial charge < -0.3 is 11.1 Å². The van der Waals surface area contributed by atoms with E-state index < -0.39 is 5.41 Å². The predicted octanol–water partition coefficient (Wildman–Crippen LogP) is 2.77. The first-order chi connectivity index (χ1) is 8.99. The van der Waals surface area contributed by atoms with E-state index in [9.17, 15) is 9.18 Å². The first kappa shape index (κ1) is 15.6. The van der Waals surface area contributed by atoms with Crippen LogP contribution in [0.3, 0.4) is 0 Å². The highest BCUT2D eigenvalue weighted by molar-refractivity contribution is 5.83. The van der Waals surface area contributed by atoms with Crippen LogP contribution in [0, 0.1) is 11.2 Å². The van der Waals surface area contributed by atoms with Crippen molar-refractivity contribution in [2.24, 2.45) is 11.1 Å². The molecule has 0 unspecified atom stereocenters. The van der Waals surface area contributed by atoms with Crippen LogP contribution in [-0.4, -0.2) is 12.5 Å². The number of hydrogen-bond donors (Lipinski definition) is 2. The van der Waals surface area contributed by atoms with Gasteiger partial charge in [0.05, 0.1) is 11.5 Å². The third-order valence-electron chi connectivity index (χ3n) is 3.94. The van der Waals surface area contributed by atoms with Gasteiger partial charge in [0.1, 0.15) is 5.82 Å². The second kappa shape index (κ2) is 6.66. The van der Waals surface area contributed by atoms with Crippen LogP contribution in [0.1, 0.15) is 45.2 Å². The Hall–Kier alpha value is -1.42. The van der Waals surface area contributed by atoms with Crippen molar-refractivity contribution >= 4 is 5.91 Å². The number of rotatable bonds is 6. The fraction of sp³-hybridized carbons (Fsp3) is 0.533. The van der Waals surface area contributed by atoms with Crippen LogP contribution < -0.4 is 11.1 Å². The summed E-state index contributed by atoms with van der Waals surface area (Å²) in [6, 6.07) is 6.00. The average Bonchev–Trinajstić information content (AvgIpc) is 2.42. The minimum Gasteiger partial charge on any atom is -0.349 e. The molecule has 0 spiro atoms. The third kappa shape index (κ3) is 3.53. The maximum absolute atomic E-state index is 12.9. The quantitative estimate of drug-likeness (QED) is 0.832. The number of carbonyl (C=O) groups is 1. The standard InChI is InChI=1S/C15H23FN2O/c1-4-15(5-2,10-17)14(19)18-11(3)12-6-8-13(16)9-7-12/h6-9,11H,4-5,10,17H2,1-3H3,(H,18,19)/t11-/m0/s1. The molecule has 1 atom stereocenters. The number of benzene rings is 1. The highest BCUT2D eigenvalue weighted by Gasteiger charge is 2.33. The molecular formula is C15H23FN2O. The van der Waals surface area contributed by atoms with Gasteiger partial charge in [-0.1, -0.05) is 26.0 Å². The van der Waals surface area contributed by atoms with Crippen molar-refractivity contribution in [2.45, 2.75) is 39.7 Å². The summed E-state index contributed by atoms with van der Waals surface area (Å²) in [4.78, 5) is 12.3. The van der Waals surface area contributed by atoms with Crippen molar-refractivity contribution in [1.29, 1.82) is 0 Å². The molecule has 3 nitrogen and oxygen atoms in total. The number of nitrogens with two attached hydrogens (primary N) is 1. The number of amides is 1. The summed E-state index contributed by atoms with van der Waals surface area (Å²) in [6.45, 7) is 6.16. The molecule has 4 heteroatoms. The molecule has 3 N–H and O–H groups in total. The molecule has 0 aliphatic rings. The Kier molecular flexibility index (Phi) is 5.48. The van der Waals surface area contributed by atoms with E-state index in [1.165, 1.54) is 12.1 Å². The van der Waals surface area contributed by atoms with E-state index in [1.54, 1.807) is 12.1 Å². The number of halogens is 1. The molecule has 1 aromatic carbocycles. The molecule has 0 aliphatic heterocycles. The smallest absolute Gasteiger partial charge is 0.227 e. The van der Waals surface area contributed by atoms with Crippen LogP contribution >= 0.6 is 0 Å². The van der Waals surface area contributed by atoms with Gasteiger partial charge >= 0.3 is 0 Å². The van der Waals surface area contributed by atoms with E-state index >= 15 is 0 Å². The van der Waals surface area contributed by atoms with Crippen LogP contribution in [0.5, 0.6) is 0 Å². The average molecular weight is 266 g/mol. The molecule has 0 aromatic heterocycles. The number of nitrogens with one attached hydrogen (secondary N) is 1. The number of hydrogen-bond acceptors (Lipinski definition) is 2. The predicted molar refractivity (Wildman–Crippen MR) is 75.0 cm³/mol. The monoisotopic (exact) mass is 266 g/mol. The second-order valence-corrected chi connectivity index (χ2v) is 4.94. The number of carbonyl (C=O) groups excluding carboxylic acids is 1. The van der Waals surface area contributed by atoms with Gasteiger partial charge in [0.2, 0.25) is 5.91 Å². The summed E-state index contributed by atoms with van der Waals surface area (Å²) in [5.41, 5.74) is 6.13. The lowest BCUT2D eigenvalue weighted by atomic mass is 9.81. The molecule has 0 radical (unpaired) electrons. The zero-order valence-electron chi connectivity index (χ0n) is 11.9. The van der Waals surface area contributed by atoms with Gasteiger partial charge in [-0.3, -0.25) is 4.79 Å². The van der Waals surface area contributed by atoms with Gasteiger partial charge in [-0.2, -0.15) is 0 Å². The van der Waals surface area contributed by atoms with Gasteiger partial charge in [0, 0.05) is 6.54 Å². The zero-order valence-corrected chi connectivity index (χ0v) is 11.9. The summed E-state index contributed by atoms with van der Waals surface area (Å²) in [7, 11) is 0. The summed E-state index contributed by atoms with van der Waals surface area (Å²) < 4.78 is 12.9. The maximum atomic E-state index is 12.9. The Balaban J connectivity index is 2.78. The molecule has 1 amide bonds. The first-order valence-electron chi connectivity index (χ1n) is 6.75. The van der Waals surface area contributed by atoms with Gasteiger partial charge in [0.15, 0.2) is 0 Å². The van der Waals surface area contributed by atoms with Crippen molar-refractivity contribution in [3.8, 4) is 0 Å². The fourth-order valence-corrected chi connectivity index (χ4v) is 2.14. The highest BCUT2D eigenvalue weighted by Crippen LogP contribution is 2.26. The second-order valence-electron chi connectivity index (χ2n) is 4.94. The Labute approximate surface area is 114 Å². The summed E-state index contributed by atoms with van der Waals surface area (Å²) in [5.74, 6) is -0.308. The largest absolute Gasteiger partial charge is 0.349 e. The Morgan fingerprint density at radius 1 is 1.32 bits per heavy atom. The first-order valence-corrected chi connectivity index (χ1v) is 6.75. The minimum atomic E-state index is -0.506. The lowest BCUT2D eigenvalue weighted by Gasteiger charge is -2.30. The molecule has 0 saturated carbocycles. The Morgan fingerprint density at radius 2 is 1.84 bits per heavy atom. The van der Waals surface area contributed by atoms with Gasteiger partial charge in [-0.15, -0.1) is 0 Å². The van der Waals surface area contributed by atoms with Crippen LogP contribution in [0.15, 0.2) is 24.3 Å². The topological polar surface area (TPSA) is 55.1 Å². The fourth-order valence-electron chi connectivity index (χ4n) is 2.14. The third-order valence-corrected chi connectivity index (χ3v) is 3.94. The zero-order chi connectivity index (χ0) is 14.5. The molecule has 106 valence electrons. The molecule has 19 heavy (non-hydrogen) atoms. The molecule has 0 aliphatic carbocycles. The maximum Gasteiger partial charge on any atom is 0.227 e. The molecule has 0 heterocycles. The summed E-state index contributed by atoms with van der Waals surface area (Å²) >= 11 is 0. The van der Waals surface area contributed by atoms with E-state index in [0.717, 1.165) is 5.56 Å². The minimum absolute atomic E-state index is 0.0307. The van der Waals surface area contributed by atoms with Crippen molar-refractivity contribution in [2.75, 3.05) is 6.54 Å². The molecule has 0 bridgehead atoms. The summed E-state index contributed by atoms with van der Waals surface area (Å²) in [6.07, 6.45) is 1.42. The van der Waals surface area contributed by atoms with Crippen molar-refractivity contribution in [3.63, 3.8) is 0 Å². The Morgan fingerprint density at radius 3 is 2.26 bits per heavy atom. The summed E-state index contributed by atoms with van der Waals surface area (Å²) in [5, 5.41) is 2.97. The van der Waals surface area contributed by atoms with Gasteiger partial charge in [0.25, 0.3) is 0 Å². The SMILES string of the molecule is CCC(CC)(CN)C(=O)N[C@@H](C)c1ccc(F)cc1. The normalized spacial score (nSPS) is 13.1. The molecule has 0 fully saturated rings. The molecular weight excluding hydrogens is 243 g/mol. The van der Waals surface area contributed by atoms with E-state index in [2.05, 4.69) is 5.32 Å². The highest BCUT2D eigenvalue weighted by atomic mass is 19.1. The van der Waals surface area contributed by atoms with Crippen LogP contribution in [-0.2, 0) is 4.79 Å².